The number of carbonyl (C=O) groups is 1. The third-order valence-electron chi connectivity index (χ3n) is 5.62. The highest BCUT2D eigenvalue weighted by Crippen LogP contribution is 2.20. The minimum absolute atomic E-state index is 0. The minimum Gasteiger partial charge on any atom is -0.361 e. The summed E-state index contributed by atoms with van der Waals surface area (Å²) >= 11 is 0. The second-order valence-electron chi connectivity index (χ2n) is 7.71. The number of H-pyrrole nitrogens is 1. The Hall–Kier alpha value is -2.62. The summed E-state index contributed by atoms with van der Waals surface area (Å²) in [4.78, 5) is 22.2. The summed E-state index contributed by atoms with van der Waals surface area (Å²) in [6.45, 7) is 4.86. The molecule has 4 rings (SSSR count). The number of guanidine groups is 1. The lowest BCUT2D eigenvalue weighted by Crippen LogP contribution is -2.41. The monoisotopic (exact) mass is 549 g/mol. The van der Waals surface area contributed by atoms with Gasteiger partial charge in [0, 0.05) is 43.3 Å². The number of halogens is 2. The molecule has 0 fully saturated rings. The number of carbonyl (C=O) groups excluding carboxylic acids is 1. The standard InChI is InChI=1S/C24H28FN5O.HI/c1-2-26-24(27-11-9-18-14-28-22-13-20(25)7-8-21(18)22)29-15-23(31)30-12-10-17-5-3-4-6-19(17)16-30;/h3-8,13-14,28H,2,9-12,15-16H2,1H3,(H2,26,27,29);1H. The van der Waals surface area contributed by atoms with Crippen LogP contribution >= 0.6 is 24.0 Å². The van der Waals surface area contributed by atoms with Crippen molar-refractivity contribution in [1.29, 1.82) is 0 Å². The zero-order valence-corrected chi connectivity index (χ0v) is 20.5. The highest BCUT2D eigenvalue weighted by Gasteiger charge is 2.20. The number of aromatic nitrogens is 1. The van der Waals surface area contributed by atoms with Gasteiger partial charge in [-0.3, -0.25) is 4.79 Å². The van der Waals surface area contributed by atoms with Gasteiger partial charge in [0.05, 0.1) is 0 Å². The molecule has 6 nitrogen and oxygen atoms in total. The van der Waals surface area contributed by atoms with Gasteiger partial charge in [-0.05, 0) is 54.7 Å². The van der Waals surface area contributed by atoms with Crippen LogP contribution in [-0.2, 0) is 24.2 Å². The molecule has 2 heterocycles. The van der Waals surface area contributed by atoms with Crippen LogP contribution in [0.15, 0.2) is 53.7 Å². The molecule has 8 heteroatoms. The van der Waals surface area contributed by atoms with E-state index in [-0.39, 0.29) is 42.2 Å². The number of hydrogen-bond acceptors (Lipinski definition) is 2. The average molecular weight is 549 g/mol. The Bertz CT molecular complexity index is 1100. The van der Waals surface area contributed by atoms with Crippen LogP contribution in [0.3, 0.4) is 0 Å². The van der Waals surface area contributed by atoms with E-state index in [1.165, 1.54) is 23.3 Å². The Kier molecular flexibility index (Phi) is 8.49. The molecule has 170 valence electrons. The van der Waals surface area contributed by atoms with Gasteiger partial charge >= 0.3 is 0 Å². The van der Waals surface area contributed by atoms with Crippen molar-refractivity contribution >= 4 is 46.7 Å². The lowest BCUT2D eigenvalue weighted by molar-refractivity contribution is -0.130. The normalized spacial score (nSPS) is 13.4. The van der Waals surface area contributed by atoms with Gasteiger partial charge in [-0.2, -0.15) is 0 Å². The fourth-order valence-corrected chi connectivity index (χ4v) is 3.98. The lowest BCUT2D eigenvalue weighted by Gasteiger charge is -2.28. The van der Waals surface area contributed by atoms with E-state index in [0.717, 1.165) is 35.9 Å². The van der Waals surface area contributed by atoms with Crippen LogP contribution in [-0.4, -0.2) is 47.9 Å². The Morgan fingerprint density at radius 1 is 1.19 bits per heavy atom. The molecule has 0 atom stereocenters. The molecule has 0 bridgehead atoms. The molecule has 1 aliphatic heterocycles. The highest BCUT2D eigenvalue weighted by molar-refractivity contribution is 14.0. The van der Waals surface area contributed by atoms with Crippen molar-refractivity contribution in [3.05, 3.63) is 71.2 Å². The smallest absolute Gasteiger partial charge is 0.244 e. The SMILES string of the molecule is CCNC(=NCC(=O)N1CCc2ccccc2C1)NCCc1c[nH]c2cc(F)ccc12.I. The van der Waals surface area contributed by atoms with E-state index < -0.39 is 0 Å². The number of rotatable bonds is 6. The van der Waals surface area contributed by atoms with Gasteiger partial charge in [0.25, 0.3) is 0 Å². The van der Waals surface area contributed by atoms with E-state index >= 15 is 0 Å². The summed E-state index contributed by atoms with van der Waals surface area (Å²) in [5, 5.41) is 7.50. The van der Waals surface area contributed by atoms with E-state index in [1.807, 2.05) is 30.2 Å². The summed E-state index contributed by atoms with van der Waals surface area (Å²) in [6.07, 6.45) is 3.55. The number of nitrogens with one attached hydrogen (secondary N) is 3. The van der Waals surface area contributed by atoms with Gasteiger partial charge in [-0.25, -0.2) is 9.38 Å². The number of fused-ring (bicyclic) bond motifs is 2. The van der Waals surface area contributed by atoms with E-state index in [9.17, 15) is 9.18 Å². The van der Waals surface area contributed by atoms with Crippen LogP contribution in [0.2, 0.25) is 0 Å². The number of aliphatic imine (C=N–C) groups is 1. The molecule has 0 saturated carbocycles. The van der Waals surface area contributed by atoms with Crippen molar-refractivity contribution in [2.45, 2.75) is 26.3 Å². The van der Waals surface area contributed by atoms with Crippen molar-refractivity contribution in [3.63, 3.8) is 0 Å². The quantitative estimate of drug-likeness (QED) is 0.250. The zero-order valence-electron chi connectivity index (χ0n) is 18.2. The van der Waals surface area contributed by atoms with Crippen molar-refractivity contribution < 1.29 is 9.18 Å². The van der Waals surface area contributed by atoms with Gasteiger partial charge in [0.15, 0.2) is 5.96 Å². The van der Waals surface area contributed by atoms with E-state index in [4.69, 9.17) is 0 Å². The summed E-state index contributed by atoms with van der Waals surface area (Å²) in [6, 6.07) is 13.1. The molecule has 1 aromatic heterocycles. The van der Waals surface area contributed by atoms with Crippen LogP contribution in [0.5, 0.6) is 0 Å². The number of hydrogen-bond donors (Lipinski definition) is 3. The van der Waals surface area contributed by atoms with Crippen LogP contribution in [0, 0.1) is 5.82 Å². The number of benzene rings is 2. The molecule has 3 N–H and O–H groups in total. The van der Waals surface area contributed by atoms with Gasteiger partial charge < -0.3 is 20.5 Å². The maximum absolute atomic E-state index is 13.4. The van der Waals surface area contributed by atoms with Crippen molar-refractivity contribution in [2.24, 2.45) is 4.99 Å². The van der Waals surface area contributed by atoms with Crippen LogP contribution < -0.4 is 10.6 Å². The summed E-state index contributed by atoms with van der Waals surface area (Å²) in [7, 11) is 0. The molecule has 0 spiro atoms. The maximum Gasteiger partial charge on any atom is 0.244 e. The molecule has 0 saturated heterocycles. The zero-order chi connectivity index (χ0) is 21.6. The molecule has 0 radical (unpaired) electrons. The highest BCUT2D eigenvalue weighted by atomic mass is 127. The Balaban J connectivity index is 0.00000289. The third kappa shape index (κ3) is 5.79. The van der Waals surface area contributed by atoms with Gasteiger partial charge in [0.1, 0.15) is 12.4 Å². The second kappa shape index (κ2) is 11.3. The van der Waals surface area contributed by atoms with E-state index in [0.29, 0.717) is 25.6 Å². The van der Waals surface area contributed by atoms with Gasteiger partial charge in [0.2, 0.25) is 5.91 Å². The predicted octanol–water partition coefficient (Wildman–Crippen LogP) is 3.61. The first kappa shape index (κ1) is 24.0. The van der Waals surface area contributed by atoms with Crippen molar-refractivity contribution in [1.82, 2.24) is 20.5 Å². The van der Waals surface area contributed by atoms with E-state index in [2.05, 4.69) is 32.7 Å². The first-order valence-corrected chi connectivity index (χ1v) is 10.8. The topological polar surface area (TPSA) is 72.5 Å². The fraction of sp³-hybridized carbons (Fsp3) is 0.333. The van der Waals surface area contributed by atoms with Crippen LogP contribution in [0.1, 0.15) is 23.6 Å². The van der Waals surface area contributed by atoms with Gasteiger partial charge in [-0.1, -0.05) is 24.3 Å². The largest absolute Gasteiger partial charge is 0.361 e. The molecule has 2 aromatic carbocycles. The van der Waals surface area contributed by atoms with Crippen molar-refractivity contribution in [3.8, 4) is 0 Å². The molecule has 1 aliphatic rings. The van der Waals surface area contributed by atoms with Gasteiger partial charge in [-0.15, -0.1) is 24.0 Å². The van der Waals surface area contributed by atoms with Crippen LogP contribution in [0.4, 0.5) is 4.39 Å². The average Bonchev–Trinajstić information content (AvgIpc) is 3.18. The lowest BCUT2D eigenvalue weighted by atomic mass is 10.00. The minimum atomic E-state index is -0.248. The Labute approximate surface area is 204 Å². The number of aromatic amines is 1. The number of amides is 1. The molecular weight excluding hydrogens is 520 g/mol. The maximum atomic E-state index is 13.4. The molecule has 1 amide bonds. The molecule has 0 unspecified atom stereocenters. The first-order valence-electron chi connectivity index (χ1n) is 10.8. The molecule has 32 heavy (non-hydrogen) atoms. The first-order chi connectivity index (χ1) is 15.1. The molecule has 0 aliphatic carbocycles. The summed E-state index contributed by atoms with van der Waals surface area (Å²) in [5.74, 6) is 0.409. The predicted molar refractivity (Wildman–Crippen MR) is 137 cm³/mol. The number of nitrogens with zero attached hydrogens (tertiary/aromatic N) is 2. The summed E-state index contributed by atoms with van der Waals surface area (Å²) in [5.41, 5.74) is 4.45. The third-order valence-corrected chi connectivity index (χ3v) is 5.62. The van der Waals surface area contributed by atoms with E-state index in [1.54, 1.807) is 6.07 Å². The molecular formula is C24H29FIN5O. The fourth-order valence-electron chi connectivity index (χ4n) is 3.98. The van der Waals surface area contributed by atoms with Crippen molar-refractivity contribution in [2.75, 3.05) is 26.2 Å². The summed E-state index contributed by atoms with van der Waals surface area (Å²) < 4.78 is 13.4. The Morgan fingerprint density at radius 2 is 2.00 bits per heavy atom. The van der Waals surface area contributed by atoms with Crippen LogP contribution in [0.25, 0.3) is 10.9 Å². The Morgan fingerprint density at radius 3 is 2.81 bits per heavy atom. The molecule has 3 aromatic rings. The second-order valence-corrected chi connectivity index (χ2v) is 7.71.